The number of hydrogen-bond acceptors (Lipinski definition) is 2. The van der Waals surface area contributed by atoms with Crippen LogP contribution in [-0.2, 0) is 6.54 Å². The van der Waals surface area contributed by atoms with E-state index in [-0.39, 0.29) is 29.7 Å². The first-order chi connectivity index (χ1) is 11.3. The van der Waals surface area contributed by atoms with Gasteiger partial charge in [-0.2, -0.15) is 0 Å². The van der Waals surface area contributed by atoms with Gasteiger partial charge in [-0.25, -0.2) is 4.99 Å². The number of rotatable bonds is 3. The molecule has 1 heterocycles. The van der Waals surface area contributed by atoms with Crippen molar-refractivity contribution in [3.8, 4) is 5.75 Å². The summed E-state index contributed by atoms with van der Waals surface area (Å²) < 4.78 is 0. The number of halogens is 1. The minimum atomic E-state index is 0. The molecule has 24 heavy (non-hydrogen) atoms. The number of para-hydroxylation sites is 1. The average Bonchev–Trinajstić information content (AvgIpc) is 2.60. The Kier molecular flexibility index (Phi) is 7.36. The largest absolute Gasteiger partial charge is 0.508 e. The summed E-state index contributed by atoms with van der Waals surface area (Å²) in [5.74, 6) is 1.20. The van der Waals surface area contributed by atoms with Crippen LogP contribution in [0.25, 0.3) is 0 Å². The number of phenols is 1. The molecule has 0 spiro atoms. The van der Waals surface area contributed by atoms with Gasteiger partial charge in [0.05, 0.1) is 6.54 Å². The van der Waals surface area contributed by atoms with E-state index in [9.17, 15) is 5.11 Å². The zero-order valence-corrected chi connectivity index (χ0v) is 16.0. The standard InChI is InChI=1S/C19H23N3O.HI/c23-18-11-7-8-16(14-18)15-20-19(22-12-5-2-6-13-22)21-17-9-3-1-4-10-17;/h1,3-4,7-11,14,23H,2,5-6,12-13,15H2,(H,20,21);1H. The fraction of sp³-hybridized carbons (Fsp3) is 0.316. The van der Waals surface area contributed by atoms with E-state index in [0.29, 0.717) is 6.54 Å². The number of piperidine rings is 1. The highest BCUT2D eigenvalue weighted by molar-refractivity contribution is 14.0. The molecule has 0 bridgehead atoms. The summed E-state index contributed by atoms with van der Waals surface area (Å²) in [6.45, 7) is 2.64. The molecule has 0 atom stereocenters. The molecule has 2 aromatic carbocycles. The van der Waals surface area contributed by atoms with Crippen LogP contribution >= 0.6 is 24.0 Å². The summed E-state index contributed by atoms with van der Waals surface area (Å²) in [4.78, 5) is 7.09. The Hall–Kier alpha value is -1.76. The highest BCUT2D eigenvalue weighted by atomic mass is 127. The number of hydrogen-bond donors (Lipinski definition) is 2. The lowest BCUT2D eigenvalue weighted by atomic mass is 10.1. The topological polar surface area (TPSA) is 47.9 Å². The summed E-state index contributed by atoms with van der Waals surface area (Å²) in [7, 11) is 0. The number of likely N-dealkylation sites (tertiary alicyclic amines) is 1. The van der Waals surface area contributed by atoms with Crippen LogP contribution in [0.3, 0.4) is 0 Å². The number of aliphatic imine (C=N–C) groups is 1. The van der Waals surface area contributed by atoms with E-state index in [1.807, 2.05) is 42.5 Å². The second-order valence-electron chi connectivity index (χ2n) is 5.85. The Morgan fingerprint density at radius 2 is 1.75 bits per heavy atom. The lowest BCUT2D eigenvalue weighted by Crippen LogP contribution is -2.40. The molecule has 5 heteroatoms. The van der Waals surface area contributed by atoms with Crippen LogP contribution in [0.15, 0.2) is 59.6 Å². The Bertz CT molecular complexity index is 655. The van der Waals surface area contributed by atoms with E-state index in [4.69, 9.17) is 4.99 Å². The molecule has 0 unspecified atom stereocenters. The molecule has 1 aliphatic rings. The van der Waals surface area contributed by atoms with Gasteiger partial charge in [-0.1, -0.05) is 30.3 Å². The molecule has 1 saturated heterocycles. The summed E-state index contributed by atoms with van der Waals surface area (Å²) in [5, 5.41) is 13.0. The van der Waals surface area contributed by atoms with Crippen molar-refractivity contribution in [2.75, 3.05) is 18.4 Å². The van der Waals surface area contributed by atoms with Gasteiger partial charge in [0.25, 0.3) is 0 Å². The van der Waals surface area contributed by atoms with Gasteiger partial charge in [0, 0.05) is 18.8 Å². The average molecular weight is 437 g/mol. The summed E-state index contributed by atoms with van der Waals surface area (Å²) in [6.07, 6.45) is 3.71. The Labute approximate surface area is 160 Å². The van der Waals surface area contributed by atoms with E-state index in [2.05, 4.69) is 10.2 Å². The van der Waals surface area contributed by atoms with Gasteiger partial charge in [-0.3, -0.25) is 0 Å². The van der Waals surface area contributed by atoms with Crippen molar-refractivity contribution < 1.29 is 5.11 Å². The number of benzene rings is 2. The predicted molar refractivity (Wildman–Crippen MR) is 110 cm³/mol. The molecule has 0 aromatic heterocycles. The summed E-state index contributed by atoms with van der Waals surface area (Å²) >= 11 is 0. The van der Waals surface area contributed by atoms with Crippen molar-refractivity contribution >= 4 is 35.6 Å². The number of nitrogens with one attached hydrogen (secondary N) is 1. The zero-order chi connectivity index (χ0) is 15.9. The van der Waals surface area contributed by atoms with Gasteiger partial charge in [0.1, 0.15) is 5.75 Å². The second-order valence-corrected chi connectivity index (χ2v) is 5.85. The van der Waals surface area contributed by atoms with Crippen molar-refractivity contribution in [2.45, 2.75) is 25.8 Å². The number of guanidine groups is 1. The summed E-state index contributed by atoms with van der Waals surface area (Å²) in [5.41, 5.74) is 2.06. The maximum absolute atomic E-state index is 9.59. The smallest absolute Gasteiger partial charge is 0.198 e. The Balaban J connectivity index is 0.00000208. The van der Waals surface area contributed by atoms with Crippen LogP contribution in [0, 0.1) is 0 Å². The monoisotopic (exact) mass is 437 g/mol. The SMILES string of the molecule is I.Oc1cccc(CN=C(Nc2ccccc2)N2CCCCC2)c1. The van der Waals surface area contributed by atoms with Crippen LogP contribution in [0.4, 0.5) is 5.69 Å². The lowest BCUT2D eigenvalue weighted by molar-refractivity contribution is 0.340. The minimum Gasteiger partial charge on any atom is -0.508 e. The molecule has 1 fully saturated rings. The van der Waals surface area contributed by atoms with Crippen molar-refractivity contribution in [2.24, 2.45) is 4.99 Å². The van der Waals surface area contributed by atoms with Gasteiger partial charge in [-0.05, 0) is 49.1 Å². The van der Waals surface area contributed by atoms with Crippen LogP contribution in [-0.4, -0.2) is 29.1 Å². The maximum atomic E-state index is 9.59. The van der Waals surface area contributed by atoms with Gasteiger partial charge < -0.3 is 15.3 Å². The third kappa shape index (κ3) is 5.40. The van der Waals surface area contributed by atoms with Crippen molar-refractivity contribution in [1.82, 2.24) is 4.90 Å². The molecule has 128 valence electrons. The molecular weight excluding hydrogens is 413 g/mol. The molecular formula is C19H24IN3O. The molecule has 1 aliphatic heterocycles. The highest BCUT2D eigenvalue weighted by Crippen LogP contribution is 2.15. The van der Waals surface area contributed by atoms with Crippen LogP contribution < -0.4 is 5.32 Å². The predicted octanol–water partition coefficient (Wildman–Crippen LogP) is 4.46. The number of nitrogens with zero attached hydrogens (tertiary/aromatic N) is 2. The number of phenolic OH excluding ortho intramolecular Hbond substituents is 1. The highest BCUT2D eigenvalue weighted by Gasteiger charge is 2.15. The van der Waals surface area contributed by atoms with Crippen molar-refractivity contribution in [3.63, 3.8) is 0 Å². The molecule has 2 N–H and O–H groups in total. The number of anilines is 1. The first kappa shape index (κ1) is 18.6. The Morgan fingerprint density at radius 3 is 2.46 bits per heavy atom. The normalized spacial score (nSPS) is 14.8. The van der Waals surface area contributed by atoms with E-state index >= 15 is 0 Å². The summed E-state index contributed by atoms with van der Waals surface area (Å²) in [6, 6.07) is 17.4. The Morgan fingerprint density at radius 1 is 1.00 bits per heavy atom. The molecule has 0 saturated carbocycles. The maximum Gasteiger partial charge on any atom is 0.198 e. The third-order valence-electron chi connectivity index (χ3n) is 4.01. The number of aromatic hydroxyl groups is 1. The van der Waals surface area contributed by atoms with Crippen molar-refractivity contribution in [1.29, 1.82) is 0 Å². The fourth-order valence-corrected chi connectivity index (χ4v) is 2.80. The van der Waals surface area contributed by atoms with E-state index in [1.165, 1.54) is 19.3 Å². The second kappa shape index (κ2) is 9.52. The molecule has 4 nitrogen and oxygen atoms in total. The minimum absolute atomic E-state index is 0. The lowest BCUT2D eigenvalue weighted by Gasteiger charge is -2.30. The first-order valence-electron chi connectivity index (χ1n) is 8.21. The van der Waals surface area contributed by atoms with Crippen LogP contribution in [0.5, 0.6) is 5.75 Å². The van der Waals surface area contributed by atoms with E-state index in [1.54, 1.807) is 12.1 Å². The van der Waals surface area contributed by atoms with Gasteiger partial charge in [0.2, 0.25) is 0 Å². The molecule has 0 radical (unpaired) electrons. The van der Waals surface area contributed by atoms with Crippen LogP contribution in [0.1, 0.15) is 24.8 Å². The first-order valence-corrected chi connectivity index (χ1v) is 8.21. The molecule has 3 rings (SSSR count). The third-order valence-corrected chi connectivity index (χ3v) is 4.01. The fourth-order valence-electron chi connectivity index (χ4n) is 2.80. The van der Waals surface area contributed by atoms with E-state index < -0.39 is 0 Å². The molecule has 0 amide bonds. The van der Waals surface area contributed by atoms with Gasteiger partial charge >= 0.3 is 0 Å². The van der Waals surface area contributed by atoms with Gasteiger partial charge in [-0.15, -0.1) is 24.0 Å². The molecule has 0 aliphatic carbocycles. The van der Waals surface area contributed by atoms with Crippen molar-refractivity contribution in [3.05, 3.63) is 60.2 Å². The zero-order valence-electron chi connectivity index (χ0n) is 13.7. The quantitative estimate of drug-likeness (QED) is 0.424. The van der Waals surface area contributed by atoms with Gasteiger partial charge in [0.15, 0.2) is 5.96 Å². The van der Waals surface area contributed by atoms with E-state index in [0.717, 1.165) is 30.3 Å². The molecule has 2 aromatic rings. The van der Waals surface area contributed by atoms with Crippen LogP contribution in [0.2, 0.25) is 0 Å².